The maximum Gasteiger partial charge on any atom is 0.294 e. The molecule has 0 aliphatic rings. The zero-order valence-corrected chi connectivity index (χ0v) is 25.2. The van der Waals surface area contributed by atoms with Crippen molar-refractivity contribution in [3.63, 3.8) is 0 Å². The Labute approximate surface area is 254 Å². The standard InChI is InChI=1S/C29H29N5O8S2/c1-3-23(35)19-42-24-14-9-20(2)28(17-24)32-31-22-12-10-21(11-13-22)30-27-16-15-26(18-29(27)34(36)37)44(40,41)33-43(38,39)25-7-5-4-6-8-25/h4-18,23,30,33,35H,3,19H2,1-2H3. The molecule has 3 N–H and O–H groups in total. The zero-order chi connectivity index (χ0) is 31.9. The molecule has 4 rings (SSSR count). The number of hydrogen-bond donors (Lipinski definition) is 3. The van der Waals surface area contributed by atoms with Gasteiger partial charge in [-0.15, -0.1) is 4.13 Å². The predicted octanol–water partition coefficient (Wildman–Crippen LogP) is 5.88. The lowest BCUT2D eigenvalue weighted by molar-refractivity contribution is -0.384. The molecule has 0 aromatic heterocycles. The van der Waals surface area contributed by atoms with Gasteiger partial charge in [0.2, 0.25) is 0 Å². The van der Waals surface area contributed by atoms with Crippen molar-refractivity contribution >= 4 is 48.5 Å². The summed E-state index contributed by atoms with van der Waals surface area (Å²) in [5, 5.41) is 32.9. The molecule has 0 radical (unpaired) electrons. The molecule has 1 unspecified atom stereocenters. The Kier molecular flexibility index (Phi) is 10.1. The predicted molar refractivity (Wildman–Crippen MR) is 164 cm³/mol. The van der Waals surface area contributed by atoms with Gasteiger partial charge in [-0.3, -0.25) is 10.1 Å². The maximum atomic E-state index is 12.8. The van der Waals surface area contributed by atoms with E-state index in [0.29, 0.717) is 29.2 Å². The third-order valence-electron chi connectivity index (χ3n) is 6.26. The molecule has 230 valence electrons. The summed E-state index contributed by atoms with van der Waals surface area (Å²) in [5.41, 5.74) is 1.76. The Bertz CT molecular complexity index is 1880. The fourth-order valence-electron chi connectivity index (χ4n) is 3.75. The smallest absolute Gasteiger partial charge is 0.294 e. The van der Waals surface area contributed by atoms with Crippen molar-refractivity contribution in [2.75, 3.05) is 11.9 Å². The highest BCUT2D eigenvalue weighted by atomic mass is 32.3. The Morgan fingerprint density at radius 1 is 0.886 bits per heavy atom. The number of aliphatic hydroxyl groups excluding tert-OH is 1. The summed E-state index contributed by atoms with van der Waals surface area (Å²) in [4.78, 5) is 10.1. The molecular formula is C29H29N5O8S2. The number of aryl methyl sites for hydroxylation is 1. The van der Waals surface area contributed by atoms with Crippen LogP contribution >= 0.6 is 0 Å². The quantitative estimate of drug-likeness (QED) is 0.0911. The maximum absolute atomic E-state index is 12.8. The Morgan fingerprint density at radius 3 is 2.23 bits per heavy atom. The van der Waals surface area contributed by atoms with Crippen LogP contribution in [0.15, 0.2) is 111 Å². The van der Waals surface area contributed by atoms with Crippen molar-refractivity contribution in [3.05, 3.63) is 107 Å². The normalized spacial score (nSPS) is 12.6. The minimum atomic E-state index is -4.67. The molecule has 15 heteroatoms. The first kappa shape index (κ1) is 32.2. The van der Waals surface area contributed by atoms with E-state index in [1.807, 2.05) is 19.9 Å². The van der Waals surface area contributed by atoms with Crippen LogP contribution in [0.5, 0.6) is 5.75 Å². The molecule has 0 bridgehead atoms. The highest BCUT2D eigenvalue weighted by molar-refractivity contribution is 8.04. The Morgan fingerprint density at radius 2 is 1.57 bits per heavy atom. The van der Waals surface area contributed by atoms with Gasteiger partial charge in [0.1, 0.15) is 18.0 Å². The van der Waals surface area contributed by atoms with Crippen molar-refractivity contribution in [2.45, 2.75) is 36.2 Å². The average molecular weight is 640 g/mol. The summed E-state index contributed by atoms with van der Waals surface area (Å²) >= 11 is 0. The summed E-state index contributed by atoms with van der Waals surface area (Å²) in [7, 11) is -9.12. The molecule has 0 spiro atoms. The molecule has 0 amide bonds. The minimum Gasteiger partial charge on any atom is -0.491 e. The number of nitro groups is 1. The number of anilines is 2. The molecule has 0 aliphatic heterocycles. The Hall–Kier alpha value is -4.70. The largest absolute Gasteiger partial charge is 0.491 e. The van der Waals surface area contributed by atoms with Crippen LogP contribution in [0.3, 0.4) is 0 Å². The molecule has 4 aromatic carbocycles. The number of nitro benzene ring substituents is 1. The van der Waals surface area contributed by atoms with Gasteiger partial charge in [-0.05, 0) is 73.5 Å². The molecule has 0 aliphatic carbocycles. The molecule has 0 fully saturated rings. The molecule has 0 heterocycles. The molecule has 4 aromatic rings. The third kappa shape index (κ3) is 8.23. The van der Waals surface area contributed by atoms with E-state index < -0.39 is 41.7 Å². The monoisotopic (exact) mass is 639 g/mol. The molecule has 13 nitrogen and oxygen atoms in total. The lowest BCUT2D eigenvalue weighted by atomic mass is 10.2. The molecule has 44 heavy (non-hydrogen) atoms. The third-order valence-corrected chi connectivity index (χ3v) is 9.79. The number of rotatable bonds is 13. The van der Waals surface area contributed by atoms with Gasteiger partial charge in [0.25, 0.3) is 25.7 Å². The van der Waals surface area contributed by atoms with Crippen LogP contribution in [0.25, 0.3) is 0 Å². The fraction of sp³-hybridized carbons (Fsp3) is 0.172. The van der Waals surface area contributed by atoms with Crippen LogP contribution in [0.1, 0.15) is 18.9 Å². The van der Waals surface area contributed by atoms with Gasteiger partial charge in [0, 0.05) is 17.8 Å². The second-order valence-corrected chi connectivity index (χ2v) is 13.2. The lowest BCUT2D eigenvalue weighted by Crippen LogP contribution is -2.30. The van der Waals surface area contributed by atoms with E-state index in [-0.39, 0.29) is 17.2 Å². The molecule has 0 saturated carbocycles. The van der Waals surface area contributed by atoms with Crippen LogP contribution in [-0.4, -0.2) is 39.6 Å². The average Bonchev–Trinajstić information content (AvgIpc) is 3.00. The van der Waals surface area contributed by atoms with Crippen LogP contribution in [-0.2, 0) is 20.0 Å². The first-order valence-electron chi connectivity index (χ1n) is 13.2. The van der Waals surface area contributed by atoms with Gasteiger partial charge in [0.05, 0.1) is 32.2 Å². The van der Waals surface area contributed by atoms with Crippen LogP contribution < -0.4 is 14.2 Å². The number of nitrogens with one attached hydrogen (secondary N) is 2. The van der Waals surface area contributed by atoms with Gasteiger partial charge < -0.3 is 15.2 Å². The van der Waals surface area contributed by atoms with E-state index in [0.717, 1.165) is 17.7 Å². The minimum absolute atomic E-state index is 0.0186. The number of sulfonamides is 2. The number of hydrogen-bond acceptors (Lipinski definition) is 11. The van der Waals surface area contributed by atoms with Gasteiger partial charge in [-0.1, -0.05) is 31.2 Å². The van der Waals surface area contributed by atoms with Gasteiger partial charge in [0.15, 0.2) is 0 Å². The lowest BCUT2D eigenvalue weighted by Gasteiger charge is -2.11. The summed E-state index contributed by atoms with van der Waals surface area (Å²) < 4.78 is 57.9. The van der Waals surface area contributed by atoms with Crippen LogP contribution in [0, 0.1) is 17.0 Å². The summed E-state index contributed by atoms with van der Waals surface area (Å²) in [6, 6.07) is 21.7. The van der Waals surface area contributed by atoms with Gasteiger partial charge in [-0.2, -0.15) is 10.2 Å². The highest BCUT2D eigenvalue weighted by Crippen LogP contribution is 2.32. The topological polar surface area (TPSA) is 190 Å². The number of ether oxygens (including phenoxy) is 1. The zero-order valence-electron chi connectivity index (χ0n) is 23.6. The number of aliphatic hydroxyl groups is 1. The summed E-state index contributed by atoms with van der Waals surface area (Å²) in [5.74, 6) is 0.547. The SMILES string of the molecule is CCC(O)COc1ccc(C)c(N=Nc2ccc(Nc3ccc(S(=O)(=O)NS(=O)(=O)c4ccccc4)cc3[N+](=O)[O-])cc2)c1. The van der Waals surface area contributed by atoms with Gasteiger partial charge >= 0.3 is 0 Å². The molecular weight excluding hydrogens is 610 g/mol. The number of nitrogens with zero attached hydrogens (tertiary/aromatic N) is 3. The van der Waals surface area contributed by atoms with E-state index in [1.54, 1.807) is 46.6 Å². The molecule has 0 saturated heterocycles. The van der Waals surface area contributed by atoms with Crippen molar-refractivity contribution in [2.24, 2.45) is 10.2 Å². The van der Waals surface area contributed by atoms with Crippen molar-refractivity contribution in [1.29, 1.82) is 0 Å². The van der Waals surface area contributed by atoms with Crippen molar-refractivity contribution in [3.8, 4) is 5.75 Å². The van der Waals surface area contributed by atoms with Crippen molar-refractivity contribution in [1.82, 2.24) is 4.13 Å². The summed E-state index contributed by atoms with van der Waals surface area (Å²) in [6.07, 6.45) is 0.00446. The van der Waals surface area contributed by atoms with Crippen LogP contribution in [0.4, 0.5) is 28.4 Å². The summed E-state index contributed by atoms with van der Waals surface area (Å²) in [6.45, 7) is 3.89. The second kappa shape index (κ2) is 13.7. The molecule has 1 atom stereocenters. The highest BCUT2D eigenvalue weighted by Gasteiger charge is 2.27. The Balaban J connectivity index is 1.49. The van der Waals surface area contributed by atoms with E-state index in [9.17, 15) is 32.1 Å². The van der Waals surface area contributed by atoms with E-state index in [4.69, 9.17) is 4.74 Å². The van der Waals surface area contributed by atoms with Crippen molar-refractivity contribution < 1.29 is 31.6 Å². The van der Waals surface area contributed by atoms with Crippen LogP contribution in [0.2, 0.25) is 0 Å². The van der Waals surface area contributed by atoms with E-state index in [1.165, 1.54) is 30.3 Å². The van der Waals surface area contributed by atoms with E-state index >= 15 is 0 Å². The number of benzene rings is 4. The van der Waals surface area contributed by atoms with E-state index in [2.05, 4.69) is 15.5 Å². The first-order chi connectivity index (χ1) is 20.9. The second-order valence-electron chi connectivity index (χ2n) is 9.53. The first-order valence-corrected chi connectivity index (χ1v) is 16.2. The number of azo groups is 1. The van der Waals surface area contributed by atoms with Gasteiger partial charge in [-0.25, -0.2) is 16.8 Å². The fourth-order valence-corrected chi connectivity index (χ4v) is 6.71.